The molecule has 0 spiro atoms. The highest BCUT2D eigenvalue weighted by Gasteiger charge is 2.14. The van der Waals surface area contributed by atoms with E-state index in [-0.39, 0.29) is 0 Å². The molecule has 0 saturated carbocycles. The van der Waals surface area contributed by atoms with Crippen LogP contribution in [0.15, 0.2) is 52.1 Å². The molecule has 2 aromatic carbocycles. The first-order chi connectivity index (χ1) is 13.6. The van der Waals surface area contributed by atoms with Gasteiger partial charge in [-0.25, -0.2) is 0 Å². The molecule has 8 nitrogen and oxygen atoms in total. The molecule has 0 atom stereocenters. The third kappa shape index (κ3) is 3.74. The Hall–Kier alpha value is -3.20. The van der Waals surface area contributed by atoms with Gasteiger partial charge in [0.15, 0.2) is 0 Å². The Bertz CT molecular complexity index is 1110. The van der Waals surface area contributed by atoms with Crippen molar-refractivity contribution in [3.63, 3.8) is 0 Å². The van der Waals surface area contributed by atoms with E-state index in [1.165, 1.54) is 22.9 Å². The number of hydrogen-bond acceptors (Lipinski definition) is 8. The summed E-state index contributed by atoms with van der Waals surface area (Å²) in [5.41, 5.74) is 4.16. The summed E-state index contributed by atoms with van der Waals surface area (Å²) in [5, 5.41) is 16.7. The SMILES string of the molecule is COc1cccc(-c2noc(CSc3nnnn3-c3ccc(C)c(C)c3)n2)c1. The second kappa shape index (κ2) is 7.81. The van der Waals surface area contributed by atoms with Crippen LogP contribution in [0.4, 0.5) is 0 Å². The zero-order valence-electron chi connectivity index (χ0n) is 15.7. The Morgan fingerprint density at radius 2 is 2.00 bits per heavy atom. The van der Waals surface area contributed by atoms with Gasteiger partial charge in [0.1, 0.15) is 5.75 Å². The van der Waals surface area contributed by atoms with Gasteiger partial charge in [-0.05, 0) is 59.7 Å². The summed E-state index contributed by atoms with van der Waals surface area (Å²) in [6.07, 6.45) is 0. The maximum absolute atomic E-state index is 5.37. The second-order valence-corrected chi connectivity index (χ2v) is 7.12. The van der Waals surface area contributed by atoms with Crippen molar-refractivity contribution in [3.05, 3.63) is 59.5 Å². The standard InChI is InChI=1S/C19H18N6O2S/c1-12-7-8-15(9-13(12)2)25-19(21-23-24-25)28-11-17-20-18(22-27-17)14-5-4-6-16(10-14)26-3/h4-10H,11H2,1-3H3. The van der Waals surface area contributed by atoms with Gasteiger partial charge in [0.05, 0.1) is 18.6 Å². The number of tetrazole rings is 1. The Morgan fingerprint density at radius 3 is 2.82 bits per heavy atom. The molecule has 0 saturated heterocycles. The predicted octanol–water partition coefficient (Wildman–Crippen LogP) is 3.63. The van der Waals surface area contributed by atoms with Crippen molar-refractivity contribution in [2.45, 2.75) is 24.8 Å². The molecule has 0 amide bonds. The molecule has 0 N–H and O–H groups in total. The van der Waals surface area contributed by atoms with Crippen LogP contribution in [0.5, 0.6) is 5.75 Å². The molecule has 0 aliphatic heterocycles. The van der Waals surface area contributed by atoms with Crippen molar-refractivity contribution in [2.24, 2.45) is 0 Å². The number of ether oxygens (including phenoxy) is 1. The lowest BCUT2D eigenvalue weighted by atomic mass is 10.1. The molecule has 0 aliphatic carbocycles. The van der Waals surface area contributed by atoms with Gasteiger partial charge in [-0.15, -0.1) is 5.10 Å². The molecular weight excluding hydrogens is 376 g/mol. The third-order valence-corrected chi connectivity index (χ3v) is 5.20. The summed E-state index contributed by atoms with van der Waals surface area (Å²) < 4.78 is 12.3. The van der Waals surface area contributed by atoms with Gasteiger partial charge >= 0.3 is 0 Å². The number of benzene rings is 2. The first-order valence-electron chi connectivity index (χ1n) is 8.60. The second-order valence-electron chi connectivity index (χ2n) is 6.17. The molecule has 0 aliphatic rings. The number of rotatable bonds is 6. The van der Waals surface area contributed by atoms with Gasteiger partial charge in [0.25, 0.3) is 0 Å². The molecule has 4 rings (SSSR count). The number of hydrogen-bond donors (Lipinski definition) is 0. The summed E-state index contributed by atoms with van der Waals surface area (Å²) in [6, 6.07) is 13.6. The summed E-state index contributed by atoms with van der Waals surface area (Å²) >= 11 is 1.43. The molecule has 9 heteroatoms. The Balaban J connectivity index is 1.49. The van der Waals surface area contributed by atoms with Crippen molar-refractivity contribution in [3.8, 4) is 22.8 Å². The molecule has 2 heterocycles. The van der Waals surface area contributed by atoms with Crippen molar-refractivity contribution in [2.75, 3.05) is 7.11 Å². The van der Waals surface area contributed by atoms with Crippen molar-refractivity contribution < 1.29 is 9.26 Å². The fraction of sp³-hybridized carbons (Fsp3) is 0.211. The molecule has 4 aromatic rings. The average Bonchev–Trinajstić information content (AvgIpc) is 3.38. The normalized spacial score (nSPS) is 11.0. The molecule has 2 aromatic heterocycles. The van der Waals surface area contributed by atoms with Gasteiger partial charge in [0.2, 0.25) is 16.9 Å². The number of methoxy groups -OCH3 is 1. The quantitative estimate of drug-likeness (QED) is 0.458. The smallest absolute Gasteiger partial charge is 0.237 e. The summed E-state index contributed by atoms with van der Waals surface area (Å²) in [6.45, 7) is 4.14. The zero-order valence-corrected chi connectivity index (χ0v) is 16.5. The van der Waals surface area contributed by atoms with E-state index in [4.69, 9.17) is 9.26 Å². The number of aryl methyl sites for hydroxylation is 2. The summed E-state index contributed by atoms with van der Waals surface area (Å²) in [7, 11) is 1.62. The molecule has 28 heavy (non-hydrogen) atoms. The lowest BCUT2D eigenvalue weighted by Crippen LogP contribution is -2.00. The van der Waals surface area contributed by atoms with Crippen molar-refractivity contribution in [1.82, 2.24) is 30.3 Å². The highest BCUT2D eigenvalue weighted by molar-refractivity contribution is 7.98. The van der Waals surface area contributed by atoms with Crippen LogP contribution >= 0.6 is 11.8 Å². The Labute approximate surface area is 165 Å². The predicted molar refractivity (Wildman–Crippen MR) is 104 cm³/mol. The van der Waals surface area contributed by atoms with E-state index >= 15 is 0 Å². The van der Waals surface area contributed by atoms with Crippen LogP contribution in [0.1, 0.15) is 17.0 Å². The molecular formula is C19H18N6O2S. The van der Waals surface area contributed by atoms with Gasteiger partial charge < -0.3 is 9.26 Å². The zero-order chi connectivity index (χ0) is 19.5. The van der Waals surface area contributed by atoms with Gasteiger partial charge in [0, 0.05) is 5.56 Å². The van der Waals surface area contributed by atoms with Gasteiger partial charge in [-0.1, -0.05) is 35.1 Å². The van der Waals surface area contributed by atoms with Crippen LogP contribution in [0.3, 0.4) is 0 Å². The van der Waals surface area contributed by atoms with Gasteiger partial charge in [-0.3, -0.25) is 0 Å². The molecule has 142 valence electrons. The van der Waals surface area contributed by atoms with E-state index < -0.39 is 0 Å². The van der Waals surface area contributed by atoms with E-state index in [1.54, 1.807) is 11.8 Å². The molecule has 0 bridgehead atoms. The van der Waals surface area contributed by atoms with Crippen molar-refractivity contribution >= 4 is 11.8 Å². The lowest BCUT2D eigenvalue weighted by Gasteiger charge is -2.06. The fourth-order valence-electron chi connectivity index (χ4n) is 2.61. The highest BCUT2D eigenvalue weighted by atomic mass is 32.2. The first-order valence-corrected chi connectivity index (χ1v) is 9.58. The highest BCUT2D eigenvalue weighted by Crippen LogP contribution is 2.25. The summed E-state index contributed by atoms with van der Waals surface area (Å²) in [5.74, 6) is 2.22. The first kappa shape index (κ1) is 18.2. The number of thioether (sulfide) groups is 1. The molecule has 0 unspecified atom stereocenters. The minimum Gasteiger partial charge on any atom is -0.497 e. The van der Waals surface area contributed by atoms with Crippen LogP contribution in [0.2, 0.25) is 0 Å². The van der Waals surface area contributed by atoms with E-state index in [0.29, 0.717) is 22.6 Å². The van der Waals surface area contributed by atoms with E-state index in [1.807, 2.05) is 30.3 Å². The average molecular weight is 394 g/mol. The molecule has 0 radical (unpaired) electrons. The lowest BCUT2D eigenvalue weighted by molar-refractivity contribution is 0.391. The molecule has 0 fully saturated rings. The summed E-state index contributed by atoms with van der Waals surface area (Å²) in [4.78, 5) is 4.45. The largest absolute Gasteiger partial charge is 0.497 e. The van der Waals surface area contributed by atoms with Crippen LogP contribution in [0, 0.1) is 13.8 Å². The van der Waals surface area contributed by atoms with Crippen LogP contribution < -0.4 is 4.74 Å². The Morgan fingerprint density at radius 1 is 1.11 bits per heavy atom. The third-order valence-electron chi connectivity index (χ3n) is 4.30. The Kier molecular flexibility index (Phi) is 5.07. The topological polar surface area (TPSA) is 91.8 Å². The van der Waals surface area contributed by atoms with Crippen LogP contribution in [0.25, 0.3) is 17.1 Å². The maximum Gasteiger partial charge on any atom is 0.237 e. The van der Waals surface area contributed by atoms with E-state index in [2.05, 4.69) is 51.6 Å². The van der Waals surface area contributed by atoms with Gasteiger partial charge in [-0.2, -0.15) is 9.67 Å². The minimum absolute atomic E-state index is 0.461. The number of nitrogens with zero attached hydrogens (tertiary/aromatic N) is 6. The number of aromatic nitrogens is 6. The maximum atomic E-state index is 5.37. The van der Waals surface area contributed by atoms with E-state index in [9.17, 15) is 0 Å². The van der Waals surface area contributed by atoms with E-state index in [0.717, 1.165) is 17.0 Å². The van der Waals surface area contributed by atoms with Crippen LogP contribution in [-0.4, -0.2) is 37.5 Å². The monoisotopic (exact) mass is 394 g/mol. The van der Waals surface area contributed by atoms with Crippen LogP contribution in [-0.2, 0) is 5.75 Å². The fourth-order valence-corrected chi connectivity index (χ4v) is 3.34. The minimum atomic E-state index is 0.461. The van der Waals surface area contributed by atoms with Crippen molar-refractivity contribution in [1.29, 1.82) is 0 Å².